The molecule has 0 spiro atoms. The molecule has 10 heavy (non-hydrogen) atoms. The van der Waals surface area contributed by atoms with Gasteiger partial charge in [-0.2, -0.15) is 5.10 Å². The van der Waals surface area contributed by atoms with Gasteiger partial charge in [-0.3, -0.25) is 0 Å². The van der Waals surface area contributed by atoms with Gasteiger partial charge in [0.15, 0.2) is 0 Å². The molecule has 0 amide bonds. The number of aliphatic hydroxyl groups is 1. The highest BCUT2D eigenvalue weighted by molar-refractivity contribution is 4.96. The summed E-state index contributed by atoms with van der Waals surface area (Å²) in [5, 5.41) is 13.3. The van der Waals surface area contributed by atoms with Crippen molar-refractivity contribution in [3.8, 4) is 0 Å². The third kappa shape index (κ3) is 1.19. The van der Waals surface area contributed by atoms with Crippen molar-refractivity contribution in [2.75, 3.05) is 0 Å². The fourth-order valence-electron chi connectivity index (χ4n) is 0.865. The van der Waals surface area contributed by atoms with E-state index in [4.69, 9.17) is 0 Å². The van der Waals surface area contributed by atoms with Gasteiger partial charge < -0.3 is 5.11 Å². The molecule has 56 valence electrons. The Hall–Kier alpha value is -0.830. The fraction of sp³-hybridized carbons (Fsp3) is 0.571. The molecule has 1 aromatic rings. The van der Waals surface area contributed by atoms with Crippen LogP contribution in [0.3, 0.4) is 0 Å². The zero-order chi connectivity index (χ0) is 7.56. The molecular weight excluding hydrogens is 128 g/mol. The van der Waals surface area contributed by atoms with Gasteiger partial charge in [0, 0.05) is 11.9 Å². The maximum absolute atomic E-state index is 9.30. The van der Waals surface area contributed by atoms with Crippen LogP contribution in [0.4, 0.5) is 0 Å². The predicted octanol–water partition coefficient (Wildman–Crippen LogP) is 1.09. The highest BCUT2D eigenvalue weighted by Crippen LogP contribution is 2.07. The molecule has 1 N–H and O–H groups in total. The second-order valence-electron chi connectivity index (χ2n) is 2.31. The van der Waals surface area contributed by atoms with E-state index in [0.29, 0.717) is 6.42 Å². The number of aromatic nitrogens is 2. The molecule has 0 saturated heterocycles. The van der Waals surface area contributed by atoms with E-state index in [2.05, 4.69) is 5.10 Å². The number of aryl methyl sites for hydroxylation is 1. The average Bonchev–Trinajstić information content (AvgIpc) is 2.34. The van der Waals surface area contributed by atoms with E-state index in [9.17, 15) is 5.11 Å². The summed E-state index contributed by atoms with van der Waals surface area (Å²) in [5.74, 6) is 0. The largest absolute Gasteiger partial charge is 0.372 e. The number of nitrogens with zero attached hydrogens (tertiary/aromatic N) is 2. The molecule has 1 atom stereocenters. The maximum Gasteiger partial charge on any atom is 0.147 e. The van der Waals surface area contributed by atoms with Gasteiger partial charge in [0.2, 0.25) is 0 Å². The second kappa shape index (κ2) is 2.84. The molecule has 0 radical (unpaired) electrons. The lowest BCUT2D eigenvalue weighted by atomic mass is 10.4. The van der Waals surface area contributed by atoms with Crippen molar-refractivity contribution in [2.45, 2.75) is 26.5 Å². The first-order valence-corrected chi connectivity index (χ1v) is 3.44. The molecule has 1 unspecified atom stereocenters. The monoisotopic (exact) mass is 140 g/mol. The van der Waals surface area contributed by atoms with Crippen LogP contribution in [-0.2, 0) is 0 Å². The Labute approximate surface area is 60.3 Å². The number of hydrogen-bond donors (Lipinski definition) is 1. The summed E-state index contributed by atoms with van der Waals surface area (Å²) >= 11 is 0. The van der Waals surface area contributed by atoms with Crippen LogP contribution in [0, 0.1) is 6.92 Å². The number of hydrogen-bond acceptors (Lipinski definition) is 2. The standard InChI is InChI=1S/C7H12N2O/c1-3-7(10)9-6(2)4-5-8-9/h4-5,7,10H,3H2,1-2H3. The Morgan fingerprint density at radius 3 is 2.90 bits per heavy atom. The van der Waals surface area contributed by atoms with Gasteiger partial charge in [-0.1, -0.05) is 6.92 Å². The van der Waals surface area contributed by atoms with Crippen molar-refractivity contribution < 1.29 is 5.11 Å². The summed E-state index contributed by atoms with van der Waals surface area (Å²) in [5.41, 5.74) is 0.995. The van der Waals surface area contributed by atoms with E-state index in [-0.39, 0.29) is 0 Å². The van der Waals surface area contributed by atoms with Crippen molar-refractivity contribution >= 4 is 0 Å². The molecule has 0 aromatic carbocycles. The maximum atomic E-state index is 9.30. The lowest BCUT2D eigenvalue weighted by molar-refractivity contribution is 0.0846. The predicted molar refractivity (Wildman–Crippen MR) is 38.5 cm³/mol. The van der Waals surface area contributed by atoms with E-state index in [1.807, 2.05) is 19.9 Å². The molecule has 3 nitrogen and oxygen atoms in total. The summed E-state index contributed by atoms with van der Waals surface area (Å²) in [6.07, 6.45) is 1.92. The van der Waals surface area contributed by atoms with E-state index in [0.717, 1.165) is 5.69 Å². The van der Waals surface area contributed by atoms with Crippen LogP contribution >= 0.6 is 0 Å². The highest BCUT2D eigenvalue weighted by atomic mass is 16.3. The third-order valence-corrected chi connectivity index (χ3v) is 1.52. The van der Waals surface area contributed by atoms with Crippen molar-refractivity contribution in [1.82, 2.24) is 9.78 Å². The second-order valence-corrected chi connectivity index (χ2v) is 2.31. The zero-order valence-corrected chi connectivity index (χ0v) is 6.28. The van der Waals surface area contributed by atoms with Crippen LogP contribution in [0.25, 0.3) is 0 Å². The van der Waals surface area contributed by atoms with E-state index >= 15 is 0 Å². The van der Waals surface area contributed by atoms with Gasteiger partial charge in [0.25, 0.3) is 0 Å². The van der Waals surface area contributed by atoms with Crippen molar-refractivity contribution in [1.29, 1.82) is 0 Å². The van der Waals surface area contributed by atoms with Crippen LogP contribution in [-0.4, -0.2) is 14.9 Å². The summed E-state index contributed by atoms with van der Waals surface area (Å²) in [7, 11) is 0. The van der Waals surface area contributed by atoms with Gasteiger partial charge in [0.1, 0.15) is 6.23 Å². The topological polar surface area (TPSA) is 38.0 Å². The molecule has 0 bridgehead atoms. The minimum atomic E-state index is -0.463. The Bertz CT molecular complexity index is 207. The van der Waals surface area contributed by atoms with Gasteiger partial charge in [-0.25, -0.2) is 4.68 Å². The zero-order valence-electron chi connectivity index (χ0n) is 6.28. The Kier molecular flexibility index (Phi) is 2.06. The quantitative estimate of drug-likeness (QED) is 0.667. The minimum absolute atomic E-state index is 0.463. The van der Waals surface area contributed by atoms with Crippen LogP contribution in [0.5, 0.6) is 0 Å². The first kappa shape index (κ1) is 7.28. The highest BCUT2D eigenvalue weighted by Gasteiger charge is 2.04. The Morgan fingerprint density at radius 1 is 1.80 bits per heavy atom. The van der Waals surface area contributed by atoms with Gasteiger partial charge in [-0.05, 0) is 19.4 Å². The SMILES string of the molecule is CCC(O)n1nccc1C. The fourth-order valence-corrected chi connectivity index (χ4v) is 0.865. The first-order chi connectivity index (χ1) is 4.75. The summed E-state index contributed by atoms with van der Waals surface area (Å²) in [4.78, 5) is 0. The van der Waals surface area contributed by atoms with Crippen LogP contribution in [0.1, 0.15) is 25.3 Å². The first-order valence-electron chi connectivity index (χ1n) is 3.44. The van der Waals surface area contributed by atoms with Gasteiger partial charge in [-0.15, -0.1) is 0 Å². The molecule has 1 rings (SSSR count). The van der Waals surface area contributed by atoms with E-state index < -0.39 is 6.23 Å². The molecule has 0 saturated carbocycles. The molecule has 0 aliphatic carbocycles. The molecule has 0 aliphatic heterocycles. The minimum Gasteiger partial charge on any atom is -0.372 e. The van der Waals surface area contributed by atoms with Gasteiger partial charge >= 0.3 is 0 Å². The Balaban J connectivity index is 2.82. The lowest BCUT2D eigenvalue weighted by Gasteiger charge is -2.09. The van der Waals surface area contributed by atoms with Gasteiger partial charge in [0.05, 0.1) is 0 Å². The summed E-state index contributed by atoms with van der Waals surface area (Å²) in [6, 6.07) is 1.87. The van der Waals surface area contributed by atoms with Crippen molar-refractivity contribution in [3.05, 3.63) is 18.0 Å². The molecule has 1 aromatic heterocycles. The molecular formula is C7H12N2O. The number of aliphatic hydroxyl groups excluding tert-OH is 1. The molecule has 0 fully saturated rings. The molecule has 3 heteroatoms. The molecule has 0 aliphatic rings. The lowest BCUT2D eigenvalue weighted by Crippen LogP contribution is -2.09. The van der Waals surface area contributed by atoms with Crippen LogP contribution in [0.2, 0.25) is 0 Å². The third-order valence-electron chi connectivity index (χ3n) is 1.52. The van der Waals surface area contributed by atoms with Crippen molar-refractivity contribution in [2.24, 2.45) is 0 Å². The Morgan fingerprint density at radius 2 is 2.50 bits per heavy atom. The number of rotatable bonds is 2. The summed E-state index contributed by atoms with van der Waals surface area (Å²) in [6.45, 7) is 3.84. The van der Waals surface area contributed by atoms with Crippen LogP contribution in [0.15, 0.2) is 12.3 Å². The van der Waals surface area contributed by atoms with Crippen LogP contribution < -0.4 is 0 Å². The smallest absolute Gasteiger partial charge is 0.147 e. The van der Waals surface area contributed by atoms with Crippen molar-refractivity contribution in [3.63, 3.8) is 0 Å². The van der Waals surface area contributed by atoms with E-state index in [1.54, 1.807) is 10.9 Å². The normalized spacial score (nSPS) is 13.5. The average molecular weight is 140 g/mol. The summed E-state index contributed by atoms with van der Waals surface area (Å²) < 4.78 is 1.61. The van der Waals surface area contributed by atoms with E-state index in [1.165, 1.54) is 0 Å². The molecule has 1 heterocycles.